The highest BCUT2D eigenvalue weighted by Gasteiger charge is 2.26. The molecule has 4 nitrogen and oxygen atoms in total. The van der Waals surface area contributed by atoms with Gasteiger partial charge in [0.1, 0.15) is 0 Å². The number of hydrogen-bond donors (Lipinski definition) is 0. The number of hydrogen-bond acceptors (Lipinski definition) is 3. The molecule has 1 aliphatic heterocycles. The molecule has 0 saturated carbocycles. The van der Waals surface area contributed by atoms with Crippen LogP contribution in [0.1, 0.15) is 29.8 Å². The van der Waals surface area contributed by atoms with Gasteiger partial charge >= 0.3 is 6.09 Å². The van der Waals surface area contributed by atoms with Gasteiger partial charge in [-0.1, -0.05) is 11.6 Å². The monoisotopic (exact) mass is 317 g/mol. The molecule has 2 rings (SSSR count). The van der Waals surface area contributed by atoms with Gasteiger partial charge in [-0.3, -0.25) is 0 Å². The molecule has 1 unspecified atom stereocenters. The molecule has 0 N–H and O–H groups in total. The van der Waals surface area contributed by atoms with Crippen LogP contribution in [-0.4, -0.2) is 31.2 Å². The van der Waals surface area contributed by atoms with Crippen molar-refractivity contribution in [3.8, 4) is 11.5 Å². The Kier molecular flexibility index (Phi) is 4.66. The van der Waals surface area contributed by atoms with Crippen LogP contribution in [0, 0.1) is 6.92 Å². The number of amides is 1. The molecule has 1 heterocycles. The van der Waals surface area contributed by atoms with E-state index in [0.29, 0.717) is 27.6 Å². The summed E-state index contributed by atoms with van der Waals surface area (Å²) in [5, 5.41) is 0.198. The fourth-order valence-electron chi connectivity index (χ4n) is 2.00. The number of methoxy groups -OCH3 is 1. The van der Waals surface area contributed by atoms with Crippen LogP contribution >= 0.6 is 23.2 Å². The van der Waals surface area contributed by atoms with E-state index in [2.05, 4.69) is 0 Å². The maximum absolute atomic E-state index is 12.0. The van der Waals surface area contributed by atoms with Crippen molar-refractivity contribution in [3.63, 3.8) is 0 Å². The Labute approximate surface area is 128 Å². The molecule has 1 atom stereocenters. The van der Waals surface area contributed by atoms with Crippen molar-refractivity contribution in [1.82, 2.24) is 4.90 Å². The van der Waals surface area contributed by atoms with Gasteiger partial charge < -0.3 is 14.4 Å². The number of ether oxygens (including phenoxy) is 2. The van der Waals surface area contributed by atoms with E-state index in [1.54, 1.807) is 17.9 Å². The lowest BCUT2D eigenvalue weighted by molar-refractivity contribution is 0.123. The number of carbonyl (C=O) groups excluding carboxylic acids is 1. The van der Waals surface area contributed by atoms with Crippen LogP contribution in [0.5, 0.6) is 11.5 Å². The summed E-state index contributed by atoms with van der Waals surface area (Å²) in [6.45, 7) is 5.04. The number of likely N-dealkylation sites (tertiary alicyclic amines) is 1. The van der Waals surface area contributed by atoms with Gasteiger partial charge in [-0.05, 0) is 26.3 Å². The maximum Gasteiger partial charge on any atom is 0.415 e. The summed E-state index contributed by atoms with van der Waals surface area (Å²) in [6, 6.07) is 1.74. The molecule has 1 aromatic rings. The number of rotatable bonds is 3. The second-order valence-electron chi connectivity index (χ2n) is 4.76. The summed E-state index contributed by atoms with van der Waals surface area (Å²) < 4.78 is 10.8. The molecule has 110 valence electrons. The Hall–Kier alpha value is -1.13. The third-order valence-corrected chi connectivity index (χ3v) is 4.01. The maximum atomic E-state index is 12.0. The van der Waals surface area contributed by atoms with E-state index in [9.17, 15) is 4.79 Å². The second-order valence-corrected chi connectivity index (χ2v) is 5.82. The highest BCUT2D eigenvalue weighted by atomic mass is 35.5. The molecule has 1 aliphatic rings. The van der Waals surface area contributed by atoms with Gasteiger partial charge in [0, 0.05) is 29.2 Å². The molecule has 1 saturated heterocycles. The molecule has 1 aromatic carbocycles. The third kappa shape index (κ3) is 2.81. The second kappa shape index (κ2) is 6.10. The average molecular weight is 318 g/mol. The molecule has 0 aliphatic carbocycles. The Morgan fingerprint density at radius 3 is 2.50 bits per heavy atom. The molecular weight excluding hydrogens is 301 g/mol. The average Bonchev–Trinajstić information content (AvgIpc) is 2.32. The summed E-state index contributed by atoms with van der Waals surface area (Å²) >= 11 is 12.3. The lowest BCUT2D eigenvalue weighted by Crippen LogP contribution is -2.43. The van der Waals surface area contributed by atoms with Crippen LogP contribution in [-0.2, 0) is 0 Å². The van der Waals surface area contributed by atoms with Crippen molar-refractivity contribution >= 4 is 29.3 Å². The number of benzene rings is 1. The van der Waals surface area contributed by atoms with Crippen LogP contribution < -0.4 is 9.47 Å². The first-order valence-electron chi connectivity index (χ1n) is 6.43. The van der Waals surface area contributed by atoms with E-state index in [1.807, 2.05) is 6.92 Å². The SMILES string of the molecule is COc1c(C(C)Cl)cc(Cl)c(C)c1OC(=O)N1CCC1. The smallest absolute Gasteiger partial charge is 0.415 e. The Balaban J connectivity index is 2.40. The summed E-state index contributed by atoms with van der Waals surface area (Å²) in [6.07, 6.45) is 0.623. The quantitative estimate of drug-likeness (QED) is 0.786. The fourth-order valence-corrected chi connectivity index (χ4v) is 2.37. The van der Waals surface area contributed by atoms with Crippen LogP contribution in [0.4, 0.5) is 4.79 Å². The van der Waals surface area contributed by atoms with Crippen LogP contribution in [0.2, 0.25) is 5.02 Å². The molecule has 1 fully saturated rings. The van der Waals surface area contributed by atoms with Crippen LogP contribution in [0.25, 0.3) is 0 Å². The molecule has 20 heavy (non-hydrogen) atoms. The topological polar surface area (TPSA) is 38.8 Å². The predicted molar refractivity (Wildman–Crippen MR) is 79.2 cm³/mol. The van der Waals surface area contributed by atoms with Crippen molar-refractivity contribution in [2.75, 3.05) is 20.2 Å². The fraction of sp³-hybridized carbons (Fsp3) is 0.500. The van der Waals surface area contributed by atoms with Crippen LogP contribution in [0.3, 0.4) is 0 Å². The summed E-state index contributed by atoms with van der Waals surface area (Å²) in [5.41, 5.74) is 1.37. The normalized spacial score (nSPS) is 15.6. The standard InChI is InChI=1S/C14H17Cl2NO3/c1-8-11(16)7-10(9(2)15)13(19-3)12(8)20-14(18)17-5-4-6-17/h7,9H,4-6H2,1-3H3. The van der Waals surface area contributed by atoms with Crippen molar-refractivity contribution < 1.29 is 14.3 Å². The highest BCUT2D eigenvalue weighted by Crippen LogP contribution is 2.43. The Morgan fingerprint density at radius 1 is 1.40 bits per heavy atom. The van der Waals surface area contributed by atoms with E-state index < -0.39 is 0 Å². The molecule has 0 bridgehead atoms. The zero-order valence-corrected chi connectivity index (χ0v) is 13.2. The molecule has 0 radical (unpaired) electrons. The first kappa shape index (κ1) is 15.3. The van der Waals surface area contributed by atoms with E-state index in [-0.39, 0.29) is 11.5 Å². The van der Waals surface area contributed by atoms with Gasteiger partial charge in [-0.25, -0.2) is 4.79 Å². The summed E-state index contributed by atoms with van der Waals surface area (Å²) in [7, 11) is 1.52. The van der Waals surface area contributed by atoms with Gasteiger partial charge in [0.05, 0.1) is 12.5 Å². The number of alkyl halides is 1. The number of halogens is 2. The van der Waals surface area contributed by atoms with Gasteiger partial charge in [0.2, 0.25) is 0 Å². The van der Waals surface area contributed by atoms with Gasteiger partial charge in [0.15, 0.2) is 11.5 Å². The Morgan fingerprint density at radius 2 is 2.05 bits per heavy atom. The van der Waals surface area contributed by atoms with Gasteiger partial charge in [-0.15, -0.1) is 11.6 Å². The molecule has 0 aromatic heterocycles. The minimum absolute atomic E-state index is 0.301. The first-order valence-corrected chi connectivity index (χ1v) is 7.25. The van der Waals surface area contributed by atoms with Crippen molar-refractivity contribution in [2.45, 2.75) is 25.6 Å². The third-order valence-electron chi connectivity index (χ3n) is 3.39. The summed E-state index contributed by atoms with van der Waals surface area (Å²) in [4.78, 5) is 13.6. The van der Waals surface area contributed by atoms with Gasteiger partial charge in [0.25, 0.3) is 0 Å². The number of carbonyl (C=O) groups is 1. The minimum Gasteiger partial charge on any atom is -0.492 e. The van der Waals surface area contributed by atoms with Crippen molar-refractivity contribution in [1.29, 1.82) is 0 Å². The van der Waals surface area contributed by atoms with Crippen LogP contribution in [0.15, 0.2) is 6.07 Å². The minimum atomic E-state index is -0.381. The zero-order chi connectivity index (χ0) is 14.9. The number of nitrogens with zero attached hydrogens (tertiary/aromatic N) is 1. The van der Waals surface area contributed by atoms with Crippen molar-refractivity contribution in [3.05, 3.63) is 22.2 Å². The van der Waals surface area contributed by atoms with E-state index in [1.165, 1.54) is 7.11 Å². The molecule has 0 spiro atoms. The lowest BCUT2D eigenvalue weighted by Gasteiger charge is -2.30. The zero-order valence-electron chi connectivity index (χ0n) is 11.7. The van der Waals surface area contributed by atoms with E-state index in [4.69, 9.17) is 32.7 Å². The predicted octanol–water partition coefficient (Wildman–Crippen LogP) is 4.16. The Bertz CT molecular complexity index is 528. The first-order chi connectivity index (χ1) is 9.45. The largest absolute Gasteiger partial charge is 0.492 e. The highest BCUT2D eigenvalue weighted by molar-refractivity contribution is 6.32. The summed E-state index contributed by atoms with van der Waals surface area (Å²) in [5.74, 6) is 0.808. The lowest BCUT2D eigenvalue weighted by atomic mass is 10.1. The molecule has 1 amide bonds. The molecular formula is C14H17Cl2NO3. The van der Waals surface area contributed by atoms with E-state index in [0.717, 1.165) is 19.5 Å². The van der Waals surface area contributed by atoms with E-state index >= 15 is 0 Å². The van der Waals surface area contributed by atoms with Gasteiger partial charge in [-0.2, -0.15) is 0 Å². The molecule has 6 heteroatoms. The van der Waals surface area contributed by atoms with Crippen molar-refractivity contribution in [2.24, 2.45) is 0 Å².